The molecule has 0 unspecified atom stereocenters. The maximum Gasteiger partial charge on any atom is 0.269 e. The molecule has 0 aliphatic carbocycles. The molecule has 17 heavy (non-hydrogen) atoms. The van der Waals surface area contributed by atoms with Crippen LogP contribution in [-0.4, -0.2) is 15.5 Å². The second-order valence-corrected chi connectivity index (χ2v) is 4.49. The molecule has 5 nitrogen and oxygen atoms in total. The van der Waals surface area contributed by atoms with Gasteiger partial charge >= 0.3 is 0 Å². The first-order valence-electron chi connectivity index (χ1n) is 5.04. The number of nitrogens with one attached hydrogen (secondary N) is 1. The summed E-state index contributed by atoms with van der Waals surface area (Å²) >= 11 is 1.07. The highest BCUT2D eigenvalue weighted by atomic mass is 32.1. The van der Waals surface area contributed by atoms with Crippen molar-refractivity contribution in [1.82, 2.24) is 9.59 Å². The number of benzene rings is 1. The van der Waals surface area contributed by atoms with Gasteiger partial charge in [0, 0.05) is 0 Å². The number of hydrogen-bond acceptors (Lipinski definition) is 5. The van der Waals surface area contributed by atoms with Crippen molar-refractivity contribution in [2.75, 3.05) is 11.1 Å². The highest BCUT2D eigenvalue weighted by Crippen LogP contribution is 2.21. The van der Waals surface area contributed by atoms with Gasteiger partial charge in [0.05, 0.1) is 17.1 Å². The van der Waals surface area contributed by atoms with Gasteiger partial charge < -0.3 is 11.1 Å². The molecule has 0 bridgehead atoms. The van der Waals surface area contributed by atoms with Gasteiger partial charge in [0.1, 0.15) is 4.88 Å². The Morgan fingerprint density at radius 3 is 2.76 bits per heavy atom. The molecule has 0 fully saturated rings. The van der Waals surface area contributed by atoms with Crippen LogP contribution in [0.2, 0.25) is 0 Å². The van der Waals surface area contributed by atoms with Crippen LogP contribution < -0.4 is 11.1 Å². The van der Waals surface area contributed by atoms with E-state index in [4.69, 9.17) is 5.73 Å². The molecular formula is C11H12N4OS. The summed E-state index contributed by atoms with van der Waals surface area (Å²) in [6.07, 6.45) is 0. The molecule has 1 heterocycles. The van der Waals surface area contributed by atoms with Gasteiger partial charge in [0.25, 0.3) is 5.91 Å². The summed E-state index contributed by atoms with van der Waals surface area (Å²) in [4.78, 5) is 12.4. The SMILES string of the molecule is Cc1ccc(NC(=O)c2snnc2C)c(N)c1. The number of hydrogen-bond donors (Lipinski definition) is 2. The lowest BCUT2D eigenvalue weighted by atomic mass is 10.2. The lowest BCUT2D eigenvalue weighted by Gasteiger charge is -2.07. The topological polar surface area (TPSA) is 80.9 Å². The summed E-state index contributed by atoms with van der Waals surface area (Å²) in [5.74, 6) is -0.229. The van der Waals surface area contributed by atoms with E-state index in [1.165, 1.54) is 0 Å². The first-order valence-corrected chi connectivity index (χ1v) is 5.81. The van der Waals surface area contributed by atoms with Crippen LogP contribution in [0, 0.1) is 13.8 Å². The zero-order valence-corrected chi connectivity index (χ0v) is 10.3. The smallest absolute Gasteiger partial charge is 0.269 e. The van der Waals surface area contributed by atoms with Crippen molar-refractivity contribution in [2.45, 2.75) is 13.8 Å². The molecule has 0 atom stereocenters. The number of carbonyl (C=O) groups excluding carboxylic acids is 1. The highest BCUT2D eigenvalue weighted by Gasteiger charge is 2.14. The Morgan fingerprint density at radius 1 is 1.41 bits per heavy atom. The van der Waals surface area contributed by atoms with Crippen LogP contribution in [0.1, 0.15) is 20.9 Å². The monoisotopic (exact) mass is 248 g/mol. The highest BCUT2D eigenvalue weighted by molar-refractivity contribution is 7.08. The number of aryl methyl sites for hydroxylation is 2. The Bertz CT molecular complexity index is 564. The van der Waals surface area contributed by atoms with Crippen LogP contribution in [-0.2, 0) is 0 Å². The van der Waals surface area contributed by atoms with Crippen molar-refractivity contribution in [3.63, 3.8) is 0 Å². The number of anilines is 2. The molecule has 0 aliphatic heterocycles. The number of nitrogens with zero attached hydrogens (tertiary/aromatic N) is 2. The Labute approximate surface area is 103 Å². The standard InChI is InChI=1S/C11H12N4OS/c1-6-3-4-9(8(12)5-6)13-11(16)10-7(2)14-15-17-10/h3-5H,12H2,1-2H3,(H,13,16). The van der Waals surface area contributed by atoms with Crippen LogP contribution in [0.3, 0.4) is 0 Å². The first-order chi connectivity index (χ1) is 8.08. The van der Waals surface area contributed by atoms with Crippen LogP contribution in [0.5, 0.6) is 0 Å². The third kappa shape index (κ3) is 2.42. The van der Waals surface area contributed by atoms with Crippen LogP contribution in [0.25, 0.3) is 0 Å². The maximum atomic E-state index is 11.9. The van der Waals surface area contributed by atoms with E-state index in [-0.39, 0.29) is 5.91 Å². The molecule has 0 saturated heterocycles. The van der Waals surface area contributed by atoms with E-state index >= 15 is 0 Å². The molecule has 1 aromatic heterocycles. The predicted molar refractivity (Wildman–Crippen MR) is 68.2 cm³/mol. The molecule has 2 aromatic rings. The van der Waals surface area contributed by atoms with Crippen molar-refractivity contribution >= 4 is 28.8 Å². The quantitative estimate of drug-likeness (QED) is 0.796. The molecule has 0 radical (unpaired) electrons. The Morgan fingerprint density at radius 2 is 2.18 bits per heavy atom. The Kier molecular flexibility index (Phi) is 3.06. The van der Waals surface area contributed by atoms with Gasteiger partial charge in [-0.15, -0.1) is 5.10 Å². The van der Waals surface area contributed by atoms with E-state index in [0.29, 0.717) is 21.9 Å². The van der Waals surface area contributed by atoms with E-state index in [1.807, 2.05) is 19.1 Å². The summed E-state index contributed by atoms with van der Waals surface area (Å²) in [6.45, 7) is 3.69. The molecule has 1 aromatic carbocycles. The summed E-state index contributed by atoms with van der Waals surface area (Å²) in [6, 6.07) is 5.49. The average Bonchev–Trinajstić information content (AvgIpc) is 2.68. The van der Waals surface area contributed by atoms with Crippen molar-refractivity contribution < 1.29 is 4.79 Å². The third-order valence-corrected chi connectivity index (χ3v) is 3.14. The summed E-state index contributed by atoms with van der Waals surface area (Å²) < 4.78 is 3.72. The molecule has 0 spiro atoms. The lowest BCUT2D eigenvalue weighted by Crippen LogP contribution is -2.13. The van der Waals surface area contributed by atoms with E-state index in [9.17, 15) is 4.79 Å². The van der Waals surface area contributed by atoms with E-state index in [2.05, 4.69) is 14.9 Å². The van der Waals surface area contributed by atoms with Crippen LogP contribution in [0.4, 0.5) is 11.4 Å². The number of nitrogen functional groups attached to an aromatic ring is 1. The fourth-order valence-corrected chi connectivity index (χ4v) is 1.97. The normalized spacial score (nSPS) is 10.2. The molecule has 3 N–H and O–H groups in total. The number of nitrogens with two attached hydrogens (primary N) is 1. The number of rotatable bonds is 2. The van der Waals surface area contributed by atoms with Gasteiger partial charge in [-0.05, 0) is 43.1 Å². The maximum absolute atomic E-state index is 11.9. The minimum atomic E-state index is -0.229. The first kappa shape index (κ1) is 11.5. The molecule has 0 saturated carbocycles. The second-order valence-electron chi connectivity index (χ2n) is 3.73. The summed E-state index contributed by atoms with van der Waals surface area (Å²) in [7, 11) is 0. The lowest BCUT2D eigenvalue weighted by molar-refractivity contribution is 0.103. The summed E-state index contributed by atoms with van der Waals surface area (Å²) in [5, 5.41) is 6.54. The molecule has 6 heteroatoms. The number of amides is 1. The van der Waals surface area contributed by atoms with Gasteiger partial charge in [-0.1, -0.05) is 10.6 Å². The zero-order chi connectivity index (χ0) is 12.4. The second kappa shape index (κ2) is 4.50. The van der Waals surface area contributed by atoms with Crippen LogP contribution >= 0.6 is 11.5 Å². The fourth-order valence-electron chi connectivity index (χ4n) is 1.41. The predicted octanol–water partition coefficient (Wildman–Crippen LogP) is 1.99. The minimum absolute atomic E-state index is 0.229. The van der Waals surface area contributed by atoms with E-state index in [0.717, 1.165) is 17.1 Å². The van der Waals surface area contributed by atoms with Crippen molar-refractivity contribution in [3.8, 4) is 0 Å². The van der Waals surface area contributed by atoms with Gasteiger partial charge in [0.15, 0.2) is 0 Å². The Balaban J connectivity index is 2.22. The van der Waals surface area contributed by atoms with Crippen molar-refractivity contribution in [2.24, 2.45) is 0 Å². The largest absolute Gasteiger partial charge is 0.397 e. The number of carbonyl (C=O) groups is 1. The molecule has 2 rings (SSSR count). The van der Waals surface area contributed by atoms with Crippen LogP contribution in [0.15, 0.2) is 18.2 Å². The molecule has 1 amide bonds. The van der Waals surface area contributed by atoms with Gasteiger partial charge in [-0.3, -0.25) is 4.79 Å². The zero-order valence-electron chi connectivity index (χ0n) is 9.52. The Hall–Kier alpha value is -1.95. The fraction of sp³-hybridized carbons (Fsp3) is 0.182. The van der Waals surface area contributed by atoms with Crippen molar-refractivity contribution in [1.29, 1.82) is 0 Å². The molecule has 0 aliphatic rings. The molecular weight excluding hydrogens is 236 g/mol. The van der Waals surface area contributed by atoms with Crippen molar-refractivity contribution in [3.05, 3.63) is 34.3 Å². The van der Waals surface area contributed by atoms with E-state index in [1.54, 1.807) is 13.0 Å². The van der Waals surface area contributed by atoms with Gasteiger partial charge in [0.2, 0.25) is 0 Å². The van der Waals surface area contributed by atoms with Gasteiger partial charge in [-0.25, -0.2) is 0 Å². The summed E-state index contributed by atoms with van der Waals surface area (Å²) in [5.41, 5.74) is 8.65. The molecule has 88 valence electrons. The third-order valence-electron chi connectivity index (χ3n) is 2.31. The minimum Gasteiger partial charge on any atom is -0.397 e. The van der Waals surface area contributed by atoms with Gasteiger partial charge in [-0.2, -0.15) is 0 Å². The average molecular weight is 248 g/mol. The number of aromatic nitrogens is 2. The van der Waals surface area contributed by atoms with E-state index < -0.39 is 0 Å².